The molecule has 0 fully saturated rings. The van der Waals surface area contributed by atoms with Crippen LogP contribution in [0.15, 0.2) is 52.8 Å². The second-order valence-corrected chi connectivity index (χ2v) is 4.44. The van der Waals surface area contributed by atoms with Gasteiger partial charge in [-0.2, -0.15) is 13.2 Å². The number of halogens is 3. The van der Waals surface area contributed by atoms with Crippen LogP contribution in [0.1, 0.15) is 5.56 Å². The molecule has 0 aliphatic rings. The summed E-state index contributed by atoms with van der Waals surface area (Å²) in [5.74, 6) is -0.199. The predicted octanol–water partition coefficient (Wildman–Crippen LogP) is 4.70. The van der Waals surface area contributed by atoms with E-state index in [9.17, 15) is 18.3 Å². The molecule has 0 atom stereocenters. The average molecular weight is 306 g/mol. The molecule has 5 nitrogen and oxygen atoms in total. The fourth-order valence-corrected chi connectivity index (χ4v) is 2.04. The van der Waals surface area contributed by atoms with Gasteiger partial charge in [0.1, 0.15) is 0 Å². The van der Waals surface area contributed by atoms with Crippen LogP contribution in [-0.4, -0.2) is 15.1 Å². The first-order valence-corrected chi connectivity index (χ1v) is 6.20. The number of rotatable bonds is 2. The van der Waals surface area contributed by atoms with Crippen LogP contribution in [0.2, 0.25) is 0 Å². The lowest BCUT2D eigenvalue weighted by molar-refractivity contribution is -0.136. The monoisotopic (exact) mass is 306 g/mol. The van der Waals surface area contributed by atoms with E-state index in [0.717, 1.165) is 6.07 Å². The third-order valence-corrected chi connectivity index (χ3v) is 2.99. The number of hydrogen-bond donors (Lipinski definition) is 2. The minimum absolute atomic E-state index is 0.0632. The van der Waals surface area contributed by atoms with E-state index in [1.807, 2.05) is 0 Å². The molecule has 2 N–H and O–H groups in total. The van der Waals surface area contributed by atoms with Crippen LogP contribution in [0.4, 0.5) is 24.7 Å². The van der Waals surface area contributed by atoms with E-state index in [1.54, 1.807) is 18.2 Å². The molecule has 0 amide bonds. The molecule has 0 saturated carbocycles. The summed E-state index contributed by atoms with van der Waals surface area (Å²) >= 11 is 0. The summed E-state index contributed by atoms with van der Waals surface area (Å²) in [7, 11) is 0. The summed E-state index contributed by atoms with van der Waals surface area (Å²) in [4.78, 5) is 6.21. The Kier molecular flexibility index (Phi) is 3.28. The van der Waals surface area contributed by atoms with E-state index in [1.165, 1.54) is 18.3 Å². The SMILES string of the molecule is Oc1[nH]c2c(C(F)(F)F)cccc2c1N=Nc1ccccn1. The summed E-state index contributed by atoms with van der Waals surface area (Å²) in [5, 5.41) is 17.5. The summed E-state index contributed by atoms with van der Waals surface area (Å²) < 4.78 is 38.8. The molecule has 0 aliphatic heterocycles. The molecule has 0 bridgehead atoms. The molecule has 112 valence electrons. The smallest absolute Gasteiger partial charge is 0.418 e. The van der Waals surface area contributed by atoms with Crippen LogP contribution >= 0.6 is 0 Å². The zero-order chi connectivity index (χ0) is 15.7. The van der Waals surface area contributed by atoms with Crippen molar-refractivity contribution in [3.8, 4) is 5.88 Å². The topological polar surface area (TPSA) is 73.6 Å². The maximum absolute atomic E-state index is 12.9. The minimum atomic E-state index is -4.54. The van der Waals surface area contributed by atoms with Crippen molar-refractivity contribution in [3.05, 3.63) is 48.2 Å². The Hall–Kier alpha value is -2.90. The van der Waals surface area contributed by atoms with Crippen molar-refractivity contribution in [2.24, 2.45) is 10.2 Å². The van der Waals surface area contributed by atoms with Crippen LogP contribution in [0.25, 0.3) is 10.9 Å². The van der Waals surface area contributed by atoms with Crippen molar-refractivity contribution >= 4 is 22.4 Å². The highest BCUT2D eigenvalue weighted by Gasteiger charge is 2.34. The molecule has 8 heteroatoms. The van der Waals surface area contributed by atoms with Crippen LogP contribution < -0.4 is 0 Å². The Balaban J connectivity index is 2.12. The standard InChI is InChI=1S/C14H9F3N4O/c15-14(16,17)9-5-3-4-8-11(9)19-13(22)12(8)21-20-10-6-1-2-7-18-10/h1-7,19,22H. The molecule has 22 heavy (non-hydrogen) atoms. The fourth-order valence-electron chi connectivity index (χ4n) is 2.04. The summed E-state index contributed by atoms with van der Waals surface area (Å²) in [6.45, 7) is 0. The lowest BCUT2D eigenvalue weighted by atomic mass is 10.1. The van der Waals surface area contributed by atoms with Crippen molar-refractivity contribution in [1.82, 2.24) is 9.97 Å². The van der Waals surface area contributed by atoms with Crippen LogP contribution in [0.3, 0.4) is 0 Å². The predicted molar refractivity (Wildman–Crippen MR) is 73.4 cm³/mol. The van der Waals surface area contributed by atoms with Gasteiger partial charge in [-0.3, -0.25) is 0 Å². The highest BCUT2D eigenvalue weighted by Crippen LogP contribution is 2.41. The minimum Gasteiger partial charge on any atom is -0.493 e. The number of pyridine rings is 1. The zero-order valence-corrected chi connectivity index (χ0v) is 11.0. The second kappa shape index (κ2) is 5.14. The van der Waals surface area contributed by atoms with Crippen LogP contribution in [0.5, 0.6) is 5.88 Å². The van der Waals surface area contributed by atoms with E-state index < -0.39 is 17.6 Å². The molecular weight excluding hydrogens is 297 g/mol. The number of nitrogens with one attached hydrogen (secondary N) is 1. The summed E-state index contributed by atoms with van der Waals surface area (Å²) in [6.07, 6.45) is -3.03. The Bertz CT molecular complexity index is 840. The van der Waals surface area contributed by atoms with E-state index in [0.29, 0.717) is 0 Å². The van der Waals surface area contributed by atoms with Gasteiger partial charge in [-0.05, 0) is 18.2 Å². The molecule has 0 radical (unpaired) electrons. The van der Waals surface area contributed by atoms with E-state index in [4.69, 9.17) is 0 Å². The number of nitrogens with zero attached hydrogens (tertiary/aromatic N) is 3. The van der Waals surface area contributed by atoms with Crippen molar-refractivity contribution in [3.63, 3.8) is 0 Å². The molecule has 0 spiro atoms. The van der Waals surface area contributed by atoms with Crippen molar-refractivity contribution < 1.29 is 18.3 Å². The van der Waals surface area contributed by atoms with Gasteiger partial charge in [0.2, 0.25) is 5.88 Å². The van der Waals surface area contributed by atoms with Crippen molar-refractivity contribution in [2.75, 3.05) is 0 Å². The van der Waals surface area contributed by atoms with Gasteiger partial charge in [-0.15, -0.1) is 10.2 Å². The van der Waals surface area contributed by atoms with E-state index >= 15 is 0 Å². The number of fused-ring (bicyclic) bond motifs is 1. The van der Waals surface area contributed by atoms with Crippen molar-refractivity contribution in [1.29, 1.82) is 0 Å². The summed E-state index contributed by atoms with van der Waals surface area (Å²) in [5.41, 5.74) is -1.17. The normalized spacial score (nSPS) is 12.3. The molecule has 3 rings (SSSR count). The number of H-pyrrole nitrogens is 1. The molecule has 0 aliphatic carbocycles. The third kappa shape index (κ3) is 2.50. The number of azo groups is 1. The van der Waals surface area contributed by atoms with Crippen molar-refractivity contribution in [2.45, 2.75) is 6.18 Å². The molecular formula is C14H9F3N4O. The third-order valence-electron chi connectivity index (χ3n) is 2.99. The number of benzene rings is 1. The molecule has 0 unspecified atom stereocenters. The Morgan fingerprint density at radius 1 is 1.05 bits per heavy atom. The quantitative estimate of drug-likeness (QED) is 0.673. The van der Waals surface area contributed by atoms with Crippen LogP contribution in [0, 0.1) is 0 Å². The Morgan fingerprint density at radius 3 is 2.55 bits per heavy atom. The maximum atomic E-state index is 12.9. The number of aromatic nitrogens is 2. The lowest BCUT2D eigenvalue weighted by Crippen LogP contribution is -2.05. The highest BCUT2D eigenvalue weighted by molar-refractivity contribution is 5.96. The number of alkyl halides is 3. The average Bonchev–Trinajstić information content (AvgIpc) is 2.80. The Morgan fingerprint density at radius 2 is 1.86 bits per heavy atom. The zero-order valence-electron chi connectivity index (χ0n) is 11.0. The number of aromatic hydroxyl groups is 1. The van der Waals surface area contributed by atoms with E-state index in [2.05, 4.69) is 20.2 Å². The fraction of sp³-hybridized carbons (Fsp3) is 0.0714. The van der Waals surface area contributed by atoms with Gasteiger partial charge in [0.25, 0.3) is 0 Å². The Labute approximate surface area is 122 Å². The number of para-hydroxylation sites is 1. The first-order valence-electron chi connectivity index (χ1n) is 6.20. The maximum Gasteiger partial charge on any atom is 0.418 e. The molecule has 3 aromatic rings. The van der Waals surface area contributed by atoms with Gasteiger partial charge in [0.15, 0.2) is 11.5 Å². The van der Waals surface area contributed by atoms with E-state index in [-0.39, 0.29) is 22.4 Å². The van der Waals surface area contributed by atoms with Gasteiger partial charge in [-0.25, -0.2) is 4.98 Å². The molecule has 1 aromatic carbocycles. The first-order chi connectivity index (χ1) is 10.5. The number of aromatic amines is 1. The second-order valence-electron chi connectivity index (χ2n) is 4.44. The van der Waals surface area contributed by atoms with Gasteiger partial charge in [0.05, 0.1) is 11.1 Å². The number of hydrogen-bond acceptors (Lipinski definition) is 4. The van der Waals surface area contributed by atoms with Gasteiger partial charge in [0, 0.05) is 11.6 Å². The highest BCUT2D eigenvalue weighted by atomic mass is 19.4. The molecule has 0 saturated heterocycles. The molecule has 2 aromatic heterocycles. The largest absolute Gasteiger partial charge is 0.493 e. The molecule has 2 heterocycles. The lowest BCUT2D eigenvalue weighted by Gasteiger charge is -2.06. The van der Waals surface area contributed by atoms with Gasteiger partial charge in [-0.1, -0.05) is 18.2 Å². The van der Waals surface area contributed by atoms with Crippen LogP contribution in [-0.2, 0) is 6.18 Å². The first kappa shape index (κ1) is 14.1. The van der Waals surface area contributed by atoms with Gasteiger partial charge >= 0.3 is 6.18 Å². The summed E-state index contributed by atoms with van der Waals surface area (Å²) in [6, 6.07) is 8.57. The van der Waals surface area contributed by atoms with Gasteiger partial charge < -0.3 is 10.1 Å².